The molecule has 5 rings (SSSR count). The van der Waals surface area contributed by atoms with E-state index in [1.54, 1.807) is 4.52 Å². The van der Waals surface area contributed by atoms with Crippen molar-refractivity contribution in [3.63, 3.8) is 0 Å². The average Bonchev–Trinajstić information content (AvgIpc) is 3.36. The van der Waals surface area contributed by atoms with E-state index in [0.717, 1.165) is 31.4 Å². The third-order valence-corrected chi connectivity index (χ3v) is 6.59. The van der Waals surface area contributed by atoms with Crippen LogP contribution in [-0.2, 0) is 0 Å². The zero-order chi connectivity index (χ0) is 21.7. The molecule has 7 nitrogen and oxygen atoms in total. The highest BCUT2D eigenvalue weighted by atomic mass is 19.3. The van der Waals surface area contributed by atoms with E-state index >= 15 is 0 Å². The van der Waals surface area contributed by atoms with Gasteiger partial charge in [0, 0.05) is 43.3 Å². The van der Waals surface area contributed by atoms with E-state index in [0.29, 0.717) is 11.3 Å². The van der Waals surface area contributed by atoms with Crippen LogP contribution in [-0.4, -0.2) is 56.6 Å². The Hall–Kier alpha value is -3.10. The molecule has 2 saturated heterocycles. The molecule has 0 saturated carbocycles. The highest BCUT2D eigenvalue weighted by Gasteiger charge is 2.46. The van der Waals surface area contributed by atoms with Gasteiger partial charge in [0.05, 0.1) is 5.69 Å². The minimum absolute atomic E-state index is 0.000444. The van der Waals surface area contributed by atoms with Crippen LogP contribution in [0.2, 0.25) is 0 Å². The minimum Gasteiger partial charge on any atom is -0.378 e. The summed E-state index contributed by atoms with van der Waals surface area (Å²) in [6.45, 7) is 0. The lowest BCUT2D eigenvalue weighted by Gasteiger charge is -2.40. The van der Waals surface area contributed by atoms with Crippen LogP contribution >= 0.6 is 0 Å². The van der Waals surface area contributed by atoms with Crippen molar-refractivity contribution >= 4 is 17.4 Å². The second-order valence-electron chi connectivity index (χ2n) is 8.51. The average molecular weight is 426 g/mol. The lowest BCUT2D eigenvalue weighted by Crippen LogP contribution is -2.47. The van der Waals surface area contributed by atoms with E-state index in [2.05, 4.69) is 15.1 Å². The molecule has 2 aliphatic rings. The maximum absolute atomic E-state index is 13.5. The first-order valence-corrected chi connectivity index (χ1v) is 10.5. The van der Waals surface area contributed by atoms with Crippen LogP contribution in [0, 0.1) is 0 Å². The van der Waals surface area contributed by atoms with Crippen LogP contribution in [0.15, 0.2) is 36.7 Å². The summed E-state index contributed by atoms with van der Waals surface area (Å²) in [5, 5.41) is 4.22. The number of carbonyl (C=O) groups is 1. The zero-order valence-corrected chi connectivity index (χ0v) is 17.4. The number of halogens is 2. The molecule has 2 bridgehead atoms. The van der Waals surface area contributed by atoms with Gasteiger partial charge in [-0.15, -0.1) is 0 Å². The summed E-state index contributed by atoms with van der Waals surface area (Å²) >= 11 is 0. The van der Waals surface area contributed by atoms with Crippen molar-refractivity contribution in [2.75, 3.05) is 19.0 Å². The van der Waals surface area contributed by atoms with Gasteiger partial charge in [-0.05, 0) is 56.0 Å². The van der Waals surface area contributed by atoms with E-state index < -0.39 is 6.43 Å². The standard InChI is InChI=1S/C22H24F2N6O/c1-28(2)14-5-3-13(4-6-14)21(31)29-15-7-9-16(18(29)10-8-15)19-11-17(20(23)24)27-22-25-12-26-30(19)22/h3-6,11-12,15-16,18,20H,7-10H2,1-2H3/t15-,16-,18-/m0/s1. The van der Waals surface area contributed by atoms with E-state index in [1.165, 1.54) is 12.4 Å². The lowest BCUT2D eigenvalue weighted by atomic mass is 9.86. The number of benzene rings is 1. The molecule has 3 atom stereocenters. The molecule has 0 radical (unpaired) electrons. The van der Waals surface area contributed by atoms with Crippen LogP contribution in [0.4, 0.5) is 14.5 Å². The fraction of sp³-hybridized carbons (Fsp3) is 0.455. The summed E-state index contributed by atoms with van der Waals surface area (Å²) in [6.07, 6.45) is 2.07. The summed E-state index contributed by atoms with van der Waals surface area (Å²) < 4.78 is 28.5. The number of nitrogens with zero attached hydrogens (tertiary/aromatic N) is 6. The largest absolute Gasteiger partial charge is 0.378 e. The van der Waals surface area contributed by atoms with Crippen molar-refractivity contribution in [3.8, 4) is 0 Å². The molecule has 2 aliphatic heterocycles. The predicted molar refractivity (Wildman–Crippen MR) is 111 cm³/mol. The SMILES string of the molecule is CN(C)c1ccc(C(=O)N2[C@H]3CC[C@H](c4cc(C(F)F)nc5ncnn45)[C@@H]2CC3)cc1. The minimum atomic E-state index is -2.69. The van der Waals surface area contributed by atoms with Crippen molar-refractivity contribution in [3.05, 3.63) is 53.6 Å². The molecule has 31 heavy (non-hydrogen) atoms. The highest BCUT2D eigenvalue weighted by Crippen LogP contribution is 2.45. The van der Waals surface area contributed by atoms with Crippen LogP contribution < -0.4 is 4.90 Å². The fourth-order valence-corrected chi connectivity index (χ4v) is 5.10. The van der Waals surface area contributed by atoms with Crippen LogP contribution in [0.1, 0.15) is 59.8 Å². The second kappa shape index (κ2) is 7.55. The Morgan fingerprint density at radius 2 is 1.87 bits per heavy atom. The van der Waals surface area contributed by atoms with E-state index in [-0.39, 0.29) is 35.4 Å². The second-order valence-corrected chi connectivity index (χ2v) is 8.51. The molecular formula is C22H24F2N6O. The summed E-state index contributed by atoms with van der Waals surface area (Å²) in [4.78, 5) is 25.4. The molecule has 9 heteroatoms. The number of carbonyl (C=O) groups excluding carboxylic acids is 1. The van der Waals surface area contributed by atoms with E-state index in [4.69, 9.17) is 0 Å². The molecule has 0 spiro atoms. The van der Waals surface area contributed by atoms with Gasteiger partial charge in [-0.1, -0.05) is 0 Å². The molecule has 162 valence electrons. The Balaban J connectivity index is 1.50. The zero-order valence-electron chi connectivity index (χ0n) is 17.4. The normalized spacial score (nSPS) is 23.0. The van der Waals surface area contributed by atoms with Crippen molar-refractivity contribution in [1.29, 1.82) is 0 Å². The first-order chi connectivity index (χ1) is 14.9. The van der Waals surface area contributed by atoms with Gasteiger partial charge in [-0.25, -0.2) is 18.3 Å². The predicted octanol–water partition coefficient (Wildman–Crippen LogP) is 3.68. The van der Waals surface area contributed by atoms with Gasteiger partial charge < -0.3 is 9.80 Å². The van der Waals surface area contributed by atoms with Gasteiger partial charge in [0.1, 0.15) is 12.0 Å². The number of amides is 1. The Morgan fingerprint density at radius 1 is 1.13 bits per heavy atom. The van der Waals surface area contributed by atoms with E-state index in [1.807, 2.05) is 48.2 Å². The number of hydrogen-bond acceptors (Lipinski definition) is 5. The van der Waals surface area contributed by atoms with E-state index in [9.17, 15) is 13.6 Å². The Bertz CT molecular complexity index is 1110. The molecule has 4 heterocycles. The summed E-state index contributed by atoms with van der Waals surface area (Å²) in [7, 11) is 3.92. The van der Waals surface area contributed by atoms with Crippen molar-refractivity contribution in [2.45, 2.75) is 50.1 Å². The summed E-state index contributed by atoms with van der Waals surface area (Å²) in [6, 6.07) is 9.16. The maximum atomic E-state index is 13.5. The first-order valence-electron chi connectivity index (χ1n) is 10.5. The number of fused-ring (bicyclic) bond motifs is 3. The van der Waals surface area contributed by atoms with Gasteiger partial charge in [-0.3, -0.25) is 4.79 Å². The first kappa shape index (κ1) is 19.8. The number of alkyl halides is 2. The monoisotopic (exact) mass is 426 g/mol. The van der Waals surface area contributed by atoms with Crippen LogP contribution in [0.25, 0.3) is 5.78 Å². The number of anilines is 1. The Kier molecular flexibility index (Phi) is 4.83. The van der Waals surface area contributed by atoms with Gasteiger partial charge in [0.25, 0.3) is 18.1 Å². The van der Waals surface area contributed by atoms with Gasteiger partial charge >= 0.3 is 0 Å². The van der Waals surface area contributed by atoms with Crippen molar-refractivity contribution < 1.29 is 13.6 Å². The van der Waals surface area contributed by atoms with Crippen LogP contribution in [0.3, 0.4) is 0 Å². The maximum Gasteiger partial charge on any atom is 0.280 e. The molecule has 1 amide bonds. The summed E-state index contributed by atoms with van der Waals surface area (Å²) in [5.41, 5.74) is 2.04. The lowest BCUT2D eigenvalue weighted by molar-refractivity contribution is 0.0554. The quantitative estimate of drug-likeness (QED) is 0.637. The third-order valence-electron chi connectivity index (χ3n) is 6.59. The van der Waals surface area contributed by atoms with Crippen molar-refractivity contribution in [1.82, 2.24) is 24.5 Å². The molecule has 2 aromatic heterocycles. The highest BCUT2D eigenvalue weighted by molar-refractivity contribution is 5.95. The van der Waals surface area contributed by atoms with Crippen molar-refractivity contribution in [2.24, 2.45) is 0 Å². The molecule has 2 fully saturated rings. The smallest absolute Gasteiger partial charge is 0.280 e. The topological polar surface area (TPSA) is 66.6 Å². The number of piperidine rings is 1. The third kappa shape index (κ3) is 3.32. The van der Waals surface area contributed by atoms with Gasteiger partial charge in [0.15, 0.2) is 0 Å². The fourth-order valence-electron chi connectivity index (χ4n) is 5.10. The molecule has 0 N–H and O–H groups in total. The number of aromatic nitrogens is 4. The Labute approximate surface area is 178 Å². The number of hydrogen-bond donors (Lipinski definition) is 0. The van der Waals surface area contributed by atoms with Gasteiger partial charge in [-0.2, -0.15) is 10.1 Å². The number of rotatable bonds is 4. The molecule has 3 aromatic rings. The Morgan fingerprint density at radius 3 is 2.58 bits per heavy atom. The molecular weight excluding hydrogens is 402 g/mol. The molecule has 0 aliphatic carbocycles. The summed E-state index contributed by atoms with van der Waals surface area (Å²) in [5.74, 6) is 0.0824. The molecule has 1 aromatic carbocycles. The van der Waals surface area contributed by atoms with Crippen LogP contribution in [0.5, 0.6) is 0 Å². The van der Waals surface area contributed by atoms with Gasteiger partial charge in [0.2, 0.25) is 0 Å². The molecule has 0 unspecified atom stereocenters.